The van der Waals surface area contributed by atoms with Crippen LogP contribution in [0.15, 0.2) is 22.7 Å². The van der Waals surface area contributed by atoms with E-state index < -0.39 is 6.10 Å². The number of rotatable bonds is 6. The Morgan fingerprint density at radius 3 is 2.69 bits per heavy atom. The Labute approximate surface area is 111 Å². The van der Waals surface area contributed by atoms with Crippen molar-refractivity contribution in [3.05, 3.63) is 33.3 Å². The molecular formula is C13H18BrClO. The molecule has 1 nitrogen and oxygen atoms in total. The minimum atomic E-state index is -0.433. The molecule has 16 heavy (non-hydrogen) atoms. The van der Waals surface area contributed by atoms with Crippen molar-refractivity contribution in [2.45, 2.75) is 45.1 Å². The van der Waals surface area contributed by atoms with Gasteiger partial charge in [-0.15, -0.1) is 0 Å². The molecule has 0 aliphatic rings. The molecule has 0 aliphatic heterocycles. The molecule has 0 saturated heterocycles. The van der Waals surface area contributed by atoms with Gasteiger partial charge in [-0.1, -0.05) is 66.2 Å². The Kier molecular flexibility index (Phi) is 6.40. The zero-order valence-electron chi connectivity index (χ0n) is 9.55. The summed E-state index contributed by atoms with van der Waals surface area (Å²) in [6.07, 6.45) is 5.05. The number of halogens is 2. The standard InChI is InChI=1S/C13H18BrClO/c1-2-3-4-5-6-13(16)11-8-7-10(14)9-12(11)15/h7-9,13,16H,2-6H2,1H3. The fraction of sp³-hybridized carbons (Fsp3) is 0.538. The predicted molar refractivity (Wildman–Crippen MR) is 72.9 cm³/mol. The van der Waals surface area contributed by atoms with Crippen LogP contribution < -0.4 is 0 Å². The van der Waals surface area contributed by atoms with E-state index in [2.05, 4.69) is 22.9 Å². The third-order valence-electron chi connectivity index (χ3n) is 2.65. The Morgan fingerprint density at radius 2 is 2.06 bits per heavy atom. The van der Waals surface area contributed by atoms with Crippen molar-refractivity contribution in [1.29, 1.82) is 0 Å². The van der Waals surface area contributed by atoms with Gasteiger partial charge in [-0.25, -0.2) is 0 Å². The SMILES string of the molecule is CCCCCCC(O)c1ccc(Br)cc1Cl. The molecule has 1 aromatic carbocycles. The van der Waals surface area contributed by atoms with Gasteiger partial charge in [0.15, 0.2) is 0 Å². The number of unbranched alkanes of at least 4 members (excludes halogenated alkanes) is 3. The molecule has 1 unspecified atom stereocenters. The molecule has 90 valence electrons. The van der Waals surface area contributed by atoms with Crippen LogP contribution in [0.2, 0.25) is 5.02 Å². The van der Waals surface area contributed by atoms with Crippen LogP contribution in [0.25, 0.3) is 0 Å². The molecule has 0 saturated carbocycles. The van der Waals surface area contributed by atoms with E-state index in [-0.39, 0.29) is 0 Å². The fourth-order valence-corrected chi connectivity index (χ4v) is 2.49. The molecule has 0 heterocycles. The van der Waals surface area contributed by atoms with E-state index in [1.54, 1.807) is 0 Å². The van der Waals surface area contributed by atoms with Crippen LogP contribution in [0.3, 0.4) is 0 Å². The van der Waals surface area contributed by atoms with E-state index >= 15 is 0 Å². The van der Waals surface area contributed by atoms with Crippen LogP contribution in [0.5, 0.6) is 0 Å². The average molecular weight is 306 g/mol. The Balaban J connectivity index is 2.49. The second kappa shape index (κ2) is 7.31. The van der Waals surface area contributed by atoms with E-state index in [1.165, 1.54) is 19.3 Å². The smallest absolute Gasteiger partial charge is 0.0804 e. The van der Waals surface area contributed by atoms with Gasteiger partial charge in [0.05, 0.1) is 6.10 Å². The quantitative estimate of drug-likeness (QED) is 0.724. The number of hydrogen-bond acceptors (Lipinski definition) is 1. The normalized spacial score (nSPS) is 12.8. The van der Waals surface area contributed by atoms with Gasteiger partial charge in [0.25, 0.3) is 0 Å². The van der Waals surface area contributed by atoms with Gasteiger partial charge in [0.2, 0.25) is 0 Å². The van der Waals surface area contributed by atoms with Gasteiger partial charge in [0, 0.05) is 9.50 Å². The summed E-state index contributed by atoms with van der Waals surface area (Å²) in [6.45, 7) is 2.18. The largest absolute Gasteiger partial charge is 0.388 e. The van der Waals surface area contributed by atoms with Crippen LogP contribution in [0.4, 0.5) is 0 Å². The minimum Gasteiger partial charge on any atom is -0.388 e. The summed E-state index contributed by atoms with van der Waals surface area (Å²) in [7, 11) is 0. The zero-order valence-corrected chi connectivity index (χ0v) is 11.9. The number of hydrogen-bond donors (Lipinski definition) is 1. The summed E-state index contributed by atoms with van der Waals surface area (Å²) in [4.78, 5) is 0. The van der Waals surface area contributed by atoms with Gasteiger partial charge in [0.1, 0.15) is 0 Å². The third kappa shape index (κ3) is 4.44. The van der Waals surface area contributed by atoms with Gasteiger partial charge < -0.3 is 5.11 Å². The topological polar surface area (TPSA) is 20.2 Å². The summed E-state index contributed by atoms with van der Waals surface area (Å²) in [5.74, 6) is 0. The van der Waals surface area contributed by atoms with Crippen LogP contribution in [-0.4, -0.2) is 5.11 Å². The second-order valence-corrected chi connectivity index (χ2v) is 5.35. The molecule has 0 radical (unpaired) electrons. The highest BCUT2D eigenvalue weighted by Crippen LogP contribution is 2.29. The van der Waals surface area contributed by atoms with E-state index in [0.29, 0.717) is 5.02 Å². The summed E-state index contributed by atoms with van der Waals surface area (Å²) in [5.41, 5.74) is 0.835. The van der Waals surface area contributed by atoms with E-state index in [1.807, 2.05) is 18.2 Å². The maximum atomic E-state index is 9.99. The van der Waals surface area contributed by atoms with E-state index in [9.17, 15) is 5.11 Å². The Morgan fingerprint density at radius 1 is 1.31 bits per heavy atom. The van der Waals surface area contributed by atoms with Gasteiger partial charge in [-0.05, 0) is 24.1 Å². The van der Waals surface area contributed by atoms with Crippen molar-refractivity contribution in [3.63, 3.8) is 0 Å². The average Bonchev–Trinajstić information content (AvgIpc) is 2.24. The van der Waals surface area contributed by atoms with Crippen LogP contribution in [0.1, 0.15) is 50.7 Å². The molecule has 1 atom stereocenters. The number of benzene rings is 1. The molecule has 0 aromatic heterocycles. The van der Waals surface area contributed by atoms with Crippen molar-refractivity contribution in [2.75, 3.05) is 0 Å². The molecule has 0 amide bonds. The molecule has 0 aliphatic carbocycles. The lowest BCUT2D eigenvalue weighted by Crippen LogP contribution is -1.98. The summed E-state index contributed by atoms with van der Waals surface area (Å²) >= 11 is 9.43. The molecule has 0 spiro atoms. The summed E-state index contributed by atoms with van der Waals surface area (Å²) in [5, 5.41) is 10.6. The minimum absolute atomic E-state index is 0.433. The van der Waals surface area contributed by atoms with Crippen molar-refractivity contribution in [3.8, 4) is 0 Å². The molecule has 1 aromatic rings. The fourth-order valence-electron chi connectivity index (χ4n) is 1.69. The van der Waals surface area contributed by atoms with Crippen LogP contribution >= 0.6 is 27.5 Å². The first-order chi connectivity index (χ1) is 7.65. The Bertz CT molecular complexity index is 328. The number of aliphatic hydroxyl groups excluding tert-OH is 1. The third-order valence-corrected chi connectivity index (χ3v) is 3.47. The highest BCUT2D eigenvalue weighted by molar-refractivity contribution is 9.10. The first-order valence-corrected chi connectivity index (χ1v) is 6.95. The Hall–Kier alpha value is -0.0500. The molecule has 0 bridgehead atoms. The predicted octanol–water partition coefficient (Wildman–Crippen LogP) is 5.11. The lowest BCUT2D eigenvalue weighted by molar-refractivity contribution is 0.163. The molecule has 3 heteroatoms. The molecule has 0 fully saturated rings. The highest BCUT2D eigenvalue weighted by atomic mass is 79.9. The first-order valence-electron chi connectivity index (χ1n) is 5.78. The van der Waals surface area contributed by atoms with Gasteiger partial charge in [-0.3, -0.25) is 0 Å². The van der Waals surface area contributed by atoms with Crippen molar-refractivity contribution in [1.82, 2.24) is 0 Å². The summed E-state index contributed by atoms with van der Waals surface area (Å²) in [6, 6.07) is 5.62. The maximum absolute atomic E-state index is 9.99. The van der Waals surface area contributed by atoms with E-state index in [0.717, 1.165) is 22.9 Å². The van der Waals surface area contributed by atoms with Crippen molar-refractivity contribution < 1.29 is 5.11 Å². The second-order valence-electron chi connectivity index (χ2n) is 4.03. The lowest BCUT2D eigenvalue weighted by Gasteiger charge is -2.12. The van der Waals surface area contributed by atoms with Crippen LogP contribution in [0, 0.1) is 0 Å². The zero-order chi connectivity index (χ0) is 12.0. The molecule has 1 N–H and O–H groups in total. The van der Waals surface area contributed by atoms with E-state index in [4.69, 9.17) is 11.6 Å². The van der Waals surface area contributed by atoms with Gasteiger partial charge >= 0.3 is 0 Å². The van der Waals surface area contributed by atoms with Crippen LogP contribution in [-0.2, 0) is 0 Å². The lowest BCUT2D eigenvalue weighted by atomic mass is 10.0. The molecule has 1 rings (SSSR count). The van der Waals surface area contributed by atoms with Crippen molar-refractivity contribution >= 4 is 27.5 Å². The highest BCUT2D eigenvalue weighted by Gasteiger charge is 2.11. The maximum Gasteiger partial charge on any atom is 0.0804 e. The van der Waals surface area contributed by atoms with Crippen molar-refractivity contribution in [2.24, 2.45) is 0 Å². The van der Waals surface area contributed by atoms with Gasteiger partial charge in [-0.2, -0.15) is 0 Å². The monoisotopic (exact) mass is 304 g/mol. The number of aliphatic hydroxyl groups is 1. The first kappa shape index (κ1) is 14.0. The molecular weight excluding hydrogens is 287 g/mol. The summed E-state index contributed by atoms with van der Waals surface area (Å²) < 4.78 is 0.944.